The van der Waals surface area contributed by atoms with Crippen molar-refractivity contribution < 1.29 is 28.7 Å². The molecule has 0 saturated heterocycles. The number of carbonyl (C=O) groups is 5. The smallest absolute Gasteiger partial charge is 0.329 e. The number of thiazole rings is 1. The highest BCUT2D eigenvalue weighted by atomic mass is 32.2. The Bertz CT molecular complexity index is 1130. The van der Waals surface area contributed by atoms with Gasteiger partial charge in [0.05, 0.1) is 13.0 Å². The number of aromatic nitrogens is 1. The number of hydrogen-bond donors (Lipinski definition) is 3. The van der Waals surface area contributed by atoms with Crippen LogP contribution in [0.2, 0.25) is 0 Å². The SMILES string of the molecule is CC=C1NC(=O)c2csc(n2)CNC(=O)C[C@@H](C=CCCSC(=O)CCCCCCC)OC(=O)[C@H](CC(C)C)NC1=O. The van der Waals surface area contributed by atoms with Gasteiger partial charge in [-0.25, -0.2) is 9.78 Å². The minimum absolute atomic E-state index is 0.0130. The Morgan fingerprint density at radius 2 is 1.93 bits per heavy atom. The highest BCUT2D eigenvalue weighted by molar-refractivity contribution is 8.13. The molecule has 0 unspecified atom stereocenters. The zero-order chi connectivity index (χ0) is 30.9. The van der Waals surface area contributed by atoms with Crippen molar-refractivity contribution in [1.82, 2.24) is 20.9 Å². The van der Waals surface area contributed by atoms with E-state index in [1.165, 1.54) is 42.0 Å². The predicted octanol–water partition coefficient (Wildman–Crippen LogP) is 4.81. The summed E-state index contributed by atoms with van der Waals surface area (Å²) in [4.78, 5) is 68.0. The summed E-state index contributed by atoms with van der Waals surface area (Å²) in [5.74, 6) is -1.60. The van der Waals surface area contributed by atoms with E-state index in [4.69, 9.17) is 4.74 Å². The molecule has 10 nitrogen and oxygen atoms in total. The molecular formula is C30H44N4O6S2. The van der Waals surface area contributed by atoms with Crippen LogP contribution in [0.15, 0.2) is 29.3 Å². The van der Waals surface area contributed by atoms with Gasteiger partial charge in [-0.05, 0) is 38.2 Å². The van der Waals surface area contributed by atoms with E-state index in [0.717, 1.165) is 19.3 Å². The number of allylic oxidation sites excluding steroid dienone is 2. The lowest BCUT2D eigenvalue weighted by Crippen LogP contribution is -2.46. The van der Waals surface area contributed by atoms with Gasteiger partial charge < -0.3 is 20.7 Å². The monoisotopic (exact) mass is 620 g/mol. The van der Waals surface area contributed by atoms with Gasteiger partial charge in [-0.1, -0.05) is 70.4 Å². The minimum atomic E-state index is -0.993. The average Bonchev–Trinajstić information content (AvgIpc) is 3.42. The van der Waals surface area contributed by atoms with Crippen LogP contribution in [0.5, 0.6) is 0 Å². The van der Waals surface area contributed by atoms with E-state index in [9.17, 15) is 24.0 Å². The van der Waals surface area contributed by atoms with Gasteiger partial charge in [-0.3, -0.25) is 19.2 Å². The van der Waals surface area contributed by atoms with Crippen molar-refractivity contribution in [2.24, 2.45) is 5.92 Å². The van der Waals surface area contributed by atoms with E-state index in [2.05, 4.69) is 27.9 Å². The number of hydrogen-bond acceptors (Lipinski definition) is 9. The number of nitrogens with zero attached hydrogens (tertiary/aromatic N) is 1. The summed E-state index contributed by atoms with van der Waals surface area (Å²) in [6.07, 6.45) is 10.8. The molecule has 2 bridgehead atoms. The number of carbonyl (C=O) groups excluding carboxylic acids is 5. The quantitative estimate of drug-likeness (QED) is 0.131. The van der Waals surface area contributed by atoms with Crippen molar-refractivity contribution in [2.75, 3.05) is 5.75 Å². The Balaban J connectivity index is 2.12. The Hall–Kier alpha value is -2.99. The Kier molecular flexibility index (Phi) is 16.1. The first-order valence-corrected chi connectivity index (χ1v) is 16.5. The lowest BCUT2D eigenvalue weighted by atomic mass is 10.0. The van der Waals surface area contributed by atoms with Crippen molar-refractivity contribution in [3.05, 3.63) is 40.0 Å². The number of unbranched alkanes of at least 4 members (excludes halogenated alkanes) is 4. The number of ether oxygens (including phenoxy) is 1. The standard InChI is InChI=1S/C30H44N4O6S2/c1-5-7-8-9-10-14-27(36)41-15-12-11-13-21-17-25(35)31-18-26-32-24(19-42-26)29(38)33-22(6-2)28(37)34-23(16-20(3)4)30(39)40-21/h6,11,13,19-21,23H,5,7-10,12,14-18H2,1-4H3,(H,31,35)(H,33,38)(H,34,37)/t21-,23+/m1/s1. The number of rotatable bonds is 12. The van der Waals surface area contributed by atoms with E-state index in [0.29, 0.717) is 30.0 Å². The molecule has 0 aliphatic carbocycles. The van der Waals surface area contributed by atoms with E-state index in [-0.39, 0.29) is 41.3 Å². The van der Waals surface area contributed by atoms with Crippen molar-refractivity contribution in [3.8, 4) is 0 Å². The first kappa shape index (κ1) is 35.2. The Morgan fingerprint density at radius 3 is 2.64 bits per heavy atom. The molecule has 2 atom stereocenters. The normalized spacial score (nSPS) is 20.0. The molecule has 3 N–H and O–H groups in total. The van der Waals surface area contributed by atoms with E-state index < -0.39 is 29.9 Å². The van der Waals surface area contributed by atoms with Crippen molar-refractivity contribution in [1.29, 1.82) is 0 Å². The van der Waals surface area contributed by atoms with Crippen LogP contribution < -0.4 is 16.0 Å². The lowest BCUT2D eigenvalue weighted by Gasteiger charge is -2.23. The van der Waals surface area contributed by atoms with E-state index in [1.54, 1.807) is 18.4 Å². The highest BCUT2D eigenvalue weighted by Gasteiger charge is 2.28. The fraction of sp³-hybridized carbons (Fsp3) is 0.600. The van der Waals surface area contributed by atoms with Crippen LogP contribution in [-0.4, -0.2) is 51.7 Å². The Morgan fingerprint density at radius 1 is 1.17 bits per heavy atom. The van der Waals surface area contributed by atoms with Crippen LogP contribution in [0, 0.1) is 5.92 Å². The topological polar surface area (TPSA) is 144 Å². The van der Waals surface area contributed by atoms with Gasteiger partial charge in [0.2, 0.25) is 5.91 Å². The van der Waals surface area contributed by atoms with Gasteiger partial charge >= 0.3 is 5.97 Å². The zero-order valence-corrected chi connectivity index (χ0v) is 26.7. The molecule has 1 aromatic rings. The van der Waals surface area contributed by atoms with Crippen LogP contribution in [-0.2, 0) is 30.5 Å². The first-order valence-electron chi connectivity index (χ1n) is 14.6. The molecule has 0 fully saturated rings. The fourth-order valence-corrected chi connectivity index (χ4v) is 5.59. The summed E-state index contributed by atoms with van der Waals surface area (Å²) in [5, 5.41) is 10.2. The summed E-state index contributed by atoms with van der Waals surface area (Å²) in [7, 11) is 0. The molecular weight excluding hydrogens is 576 g/mol. The molecule has 1 aliphatic rings. The molecule has 0 aromatic carbocycles. The number of esters is 1. The molecule has 2 heterocycles. The zero-order valence-electron chi connectivity index (χ0n) is 25.0. The average molecular weight is 621 g/mol. The van der Waals surface area contributed by atoms with Gasteiger partial charge in [0.15, 0.2) is 5.12 Å². The summed E-state index contributed by atoms with van der Waals surface area (Å²) >= 11 is 2.50. The van der Waals surface area contributed by atoms with Crippen molar-refractivity contribution in [3.63, 3.8) is 0 Å². The van der Waals surface area contributed by atoms with E-state index in [1.807, 2.05) is 19.9 Å². The number of thioether (sulfide) groups is 1. The van der Waals surface area contributed by atoms with Crippen LogP contribution in [0.3, 0.4) is 0 Å². The van der Waals surface area contributed by atoms with Gasteiger partial charge in [0, 0.05) is 17.6 Å². The maximum atomic E-state index is 13.2. The number of fused-ring (bicyclic) bond motifs is 2. The second-order valence-electron chi connectivity index (χ2n) is 10.5. The molecule has 0 radical (unpaired) electrons. The van der Waals surface area contributed by atoms with Gasteiger partial charge in [-0.15, -0.1) is 11.3 Å². The number of amides is 3. The van der Waals surface area contributed by atoms with Gasteiger partial charge in [0.1, 0.15) is 28.5 Å². The maximum Gasteiger partial charge on any atom is 0.329 e. The van der Waals surface area contributed by atoms with E-state index >= 15 is 0 Å². The summed E-state index contributed by atoms with van der Waals surface area (Å²) in [6.45, 7) is 7.68. The largest absolute Gasteiger partial charge is 0.456 e. The molecule has 0 spiro atoms. The van der Waals surface area contributed by atoms with Crippen LogP contribution in [0.25, 0.3) is 0 Å². The third-order valence-corrected chi connectivity index (χ3v) is 8.15. The third-order valence-electron chi connectivity index (χ3n) is 6.34. The molecule has 1 aliphatic heterocycles. The minimum Gasteiger partial charge on any atom is -0.456 e. The molecule has 0 saturated carbocycles. The van der Waals surface area contributed by atoms with Crippen LogP contribution in [0.4, 0.5) is 0 Å². The third kappa shape index (κ3) is 13.3. The number of nitrogens with one attached hydrogen (secondary N) is 3. The molecule has 2 rings (SSSR count). The van der Waals surface area contributed by atoms with Crippen LogP contribution >= 0.6 is 23.1 Å². The fourth-order valence-electron chi connectivity index (χ4n) is 4.11. The van der Waals surface area contributed by atoms with Gasteiger partial charge in [-0.2, -0.15) is 0 Å². The highest BCUT2D eigenvalue weighted by Crippen LogP contribution is 2.16. The van der Waals surface area contributed by atoms with Crippen LogP contribution in [0.1, 0.15) is 101 Å². The lowest BCUT2D eigenvalue weighted by molar-refractivity contribution is -0.152. The van der Waals surface area contributed by atoms with Crippen molar-refractivity contribution in [2.45, 2.75) is 104 Å². The number of cyclic esters (lactones) is 1. The second kappa shape index (κ2) is 19.2. The summed E-state index contributed by atoms with van der Waals surface area (Å²) in [6, 6.07) is -0.993. The molecule has 42 heavy (non-hydrogen) atoms. The molecule has 232 valence electrons. The summed E-state index contributed by atoms with van der Waals surface area (Å²) < 4.78 is 5.72. The molecule has 3 amide bonds. The second-order valence-corrected chi connectivity index (χ2v) is 12.6. The summed E-state index contributed by atoms with van der Waals surface area (Å²) in [5.41, 5.74) is 0.108. The maximum absolute atomic E-state index is 13.2. The van der Waals surface area contributed by atoms with Gasteiger partial charge in [0.25, 0.3) is 11.8 Å². The molecule has 1 aromatic heterocycles. The Labute approximate surface area is 256 Å². The predicted molar refractivity (Wildman–Crippen MR) is 166 cm³/mol. The van der Waals surface area contributed by atoms with Crippen molar-refractivity contribution >= 4 is 51.9 Å². The molecule has 12 heteroatoms. The first-order chi connectivity index (χ1) is 20.1.